The molecule has 3 nitrogen and oxygen atoms in total. The van der Waals surface area contributed by atoms with Crippen molar-refractivity contribution in [3.05, 3.63) is 0 Å². The fourth-order valence-corrected chi connectivity index (χ4v) is 1.02. The molecule has 0 aliphatic carbocycles. The van der Waals surface area contributed by atoms with Crippen LogP contribution in [0.2, 0.25) is 0 Å². The molecule has 0 saturated heterocycles. The van der Waals surface area contributed by atoms with Gasteiger partial charge in [-0.2, -0.15) is 0 Å². The van der Waals surface area contributed by atoms with Crippen molar-refractivity contribution in [2.24, 2.45) is 0 Å². The quantitative estimate of drug-likeness (QED) is 0.577. The van der Waals surface area contributed by atoms with E-state index in [1.807, 2.05) is 13.8 Å². The van der Waals surface area contributed by atoms with Gasteiger partial charge in [-0.1, -0.05) is 6.92 Å². The maximum absolute atomic E-state index is 9.50. The summed E-state index contributed by atoms with van der Waals surface area (Å²) in [6.07, 6.45) is 0.829. The minimum absolute atomic E-state index is 0.535. The van der Waals surface area contributed by atoms with Crippen LogP contribution < -0.4 is 5.32 Å². The summed E-state index contributed by atoms with van der Waals surface area (Å²) < 4.78 is 0. The number of rotatable bonds is 7. The van der Waals surface area contributed by atoms with Gasteiger partial charge >= 0.3 is 0 Å². The Morgan fingerprint density at radius 1 is 1.31 bits per heavy atom. The summed E-state index contributed by atoms with van der Waals surface area (Å²) in [4.78, 5) is 2.24. The standard InChI is InChI=1S/C10H24N2O/c1-5-11-7-9-12(4)8-6-10(2,3)13/h11,13H,5-9H2,1-4H3. The number of hydrogen-bond donors (Lipinski definition) is 2. The Bertz CT molecular complexity index is 121. The number of aliphatic hydroxyl groups is 1. The van der Waals surface area contributed by atoms with Crippen LogP contribution >= 0.6 is 0 Å². The van der Waals surface area contributed by atoms with Crippen molar-refractivity contribution in [1.82, 2.24) is 10.2 Å². The SMILES string of the molecule is CCNCCN(C)CCC(C)(C)O. The van der Waals surface area contributed by atoms with E-state index in [2.05, 4.69) is 24.2 Å². The van der Waals surface area contributed by atoms with Crippen LogP contribution in [-0.2, 0) is 0 Å². The van der Waals surface area contributed by atoms with Crippen molar-refractivity contribution in [1.29, 1.82) is 0 Å². The Labute approximate surface area is 82.1 Å². The van der Waals surface area contributed by atoms with Crippen LogP contribution in [0.1, 0.15) is 27.2 Å². The third-order valence-electron chi connectivity index (χ3n) is 2.03. The second kappa shape index (κ2) is 6.35. The molecule has 0 aliphatic heterocycles. The van der Waals surface area contributed by atoms with Crippen molar-refractivity contribution < 1.29 is 5.11 Å². The first-order valence-electron chi connectivity index (χ1n) is 5.07. The third-order valence-corrected chi connectivity index (χ3v) is 2.03. The molecule has 0 heterocycles. The highest BCUT2D eigenvalue weighted by atomic mass is 16.3. The van der Waals surface area contributed by atoms with Gasteiger partial charge in [-0.25, -0.2) is 0 Å². The van der Waals surface area contributed by atoms with Gasteiger partial charge in [0.2, 0.25) is 0 Å². The molecular weight excluding hydrogens is 164 g/mol. The Balaban J connectivity index is 3.35. The van der Waals surface area contributed by atoms with Crippen LogP contribution in [0.3, 0.4) is 0 Å². The van der Waals surface area contributed by atoms with E-state index in [1.54, 1.807) is 0 Å². The molecular formula is C10H24N2O. The van der Waals surface area contributed by atoms with Crippen molar-refractivity contribution in [2.45, 2.75) is 32.8 Å². The second-order valence-electron chi connectivity index (χ2n) is 4.22. The summed E-state index contributed by atoms with van der Waals surface area (Å²) in [6.45, 7) is 9.87. The van der Waals surface area contributed by atoms with E-state index in [1.165, 1.54) is 0 Å². The van der Waals surface area contributed by atoms with Crippen LogP contribution in [0.15, 0.2) is 0 Å². The molecule has 0 spiro atoms. The zero-order valence-electron chi connectivity index (χ0n) is 9.43. The molecule has 0 aromatic carbocycles. The fraction of sp³-hybridized carbons (Fsp3) is 1.00. The van der Waals surface area contributed by atoms with Gasteiger partial charge in [-0.05, 0) is 33.9 Å². The van der Waals surface area contributed by atoms with Crippen molar-refractivity contribution >= 4 is 0 Å². The lowest BCUT2D eigenvalue weighted by molar-refractivity contribution is 0.0608. The van der Waals surface area contributed by atoms with Crippen LogP contribution in [0.4, 0.5) is 0 Å². The summed E-state index contributed by atoms with van der Waals surface area (Å²) >= 11 is 0. The molecule has 0 aromatic heterocycles. The summed E-state index contributed by atoms with van der Waals surface area (Å²) in [5.41, 5.74) is -0.535. The van der Waals surface area contributed by atoms with Gasteiger partial charge in [0.05, 0.1) is 5.60 Å². The molecule has 0 aromatic rings. The average Bonchev–Trinajstić information content (AvgIpc) is 2.00. The highest BCUT2D eigenvalue weighted by Crippen LogP contribution is 2.06. The maximum Gasteiger partial charge on any atom is 0.0603 e. The van der Waals surface area contributed by atoms with Gasteiger partial charge in [-0.3, -0.25) is 0 Å². The molecule has 3 heteroatoms. The number of nitrogens with zero attached hydrogens (tertiary/aromatic N) is 1. The first-order chi connectivity index (χ1) is 5.95. The van der Waals surface area contributed by atoms with Crippen LogP contribution in [0.5, 0.6) is 0 Å². The van der Waals surface area contributed by atoms with E-state index in [0.29, 0.717) is 0 Å². The monoisotopic (exact) mass is 188 g/mol. The zero-order chi connectivity index (χ0) is 10.3. The molecule has 0 aliphatic rings. The van der Waals surface area contributed by atoms with Crippen molar-refractivity contribution in [2.75, 3.05) is 33.2 Å². The molecule has 0 radical (unpaired) electrons. The van der Waals surface area contributed by atoms with Gasteiger partial charge < -0.3 is 15.3 Å². The first kappa shape index (κ1) is 12.9. The summed E-state index contributed by atoms with van der Waals surface area (Å²) in [5.74, 6) is 0. The normalized spacial score (nSPS) is 12.5. The molecule has 0 rings (SSSR count). The molecule has 0 saturated carbocycles. The fourth-order valence-electron chi connectivity index (χ4n) is 1.02. The number of nitrogens with one attached hydrogen (secondary N) is 1. The van der Waals surface area contributed by atoms with Crippen molar-refractivity contribution in [3.63, 3.8) is 0 Å². The van der Waals surface area contributed by atoms with Gasteiger partial charge in [0.25, 0.3) is 0 Å². The molecule has 0 amide bonds. The largest absolute Gasteiger partial charge is 0.390 e. The van der Waals surface area contributed by atoms with E-state index in [4.69, 9.17) is 0 Å². The maximum atomic E-state index is 9.50. The van der Waals surface area contributed by atoms with E-state index < -0.39 is 5.60 Å². The Morgan fingerprint density at radius 2 is 1.92 bits per heavy atom. The van der Waals surface area contributed by atoms with E-state index >= 15 is 0 Å². The molecule has 80 valence electrons. The molecule has 2 N–H and O–H groups in total. The Hall–Kier alpha value is -0.120. The van der Waals surface area contributed by atoms with Crippen LogP contribution in [-0.4, -0.2) is 48.8 Å². The van der Waals surface area contributed by atoms with Gasteiger partial charge in [0, 0.05) is 19.6 Å². The highest BCUT2D eigenvalue weighted by Gasteiger charge is 2.12. The molecule has 0 unspecified atom stereocenters. The zero-order valence-corrected chi connectivity index (χ0v) is 9.43. The topological polar surface area (TPSA) is 35.5 Å². The Morgan fingerprint density at radius 3 is 2.38 bits per heavy atom. The van der Waals surface area contributed by atoms with Gasteiger partial charge in [0.1, 0.15) is 0 Å². The summed E-state index contributed by atoms with van der Waals surface area (Å²) in [5, 5.41) is 12.8. The third kappa shape index (κ3) is 9.80. The van der Waals surface area contributed by atoms with Crippen molar-refractivity contribution in [3.8, 4) is 0 Å². The lowest BCUT2D eigenvalue weighted by Crippen LogP contribution is -2.33. The second-order valence-corrected chi connectivity index (χ2v) is 4.22. The smallest absolute Gasteiger partial charge is 0.0603 e. The average molecular weight is 188 g/mol. The minimum Gasteiger partial charge on any atom is -0.390 e. The molecule has 0 fully saturated rings. The lowest BCUT2D eigenvalue weighted by Gasteiger charge is -2.22. The molecule has 0 atom stereocenters. The van der Waals surface area contributed by atoms with E-state index in [9.17, 15) is 5.11 Å². The summed E-state index contributed by atoms with van der Waals surface area (Å²) in [6, 6.07) is 0. The van der Waals surface area contributed by atoms with Crippen LogP contribution in [0, 0.1) is 0 Å². The summed E-state index contributed by atoms with van der Waals surface area (Å²) in [7, 11) is 2.09. The minimum atomic E-state index is -0.535. The van der Waals surface area contributed by atoms with E-state index in [0.717, 1.165) is 32.6 Å². The highest BCUT2D eigenvalue weighted by molar-refractivity contribution is 4.67. The van der Waals surface area contributed by atoms with Crippen LogP contribution in [0.25, 0.3) is 0 Å². The number of hydrogen-bond acceptors (Lipinski definition) is 3. The molecule has 13 heavy (non-hydrogen) atoms. The van der Waals surface area contributed by atoms with Gasteiger partial charge in [0.15, 0.2) is 0 Å². The number of likely N-dealkylation sites (N-methyl/N-ethyl adjacent to an activating group) is 2. The Kier molecular flexibility index (Phi) is 6.29. The predicted molar refractivity (Wildman–Crippen MR) is 57.0 cm³/mol. The lowest BCUT2D eigenvalue weighted by atomic mass is 10.1. The van der Waals surface area contributed by atoms with Gasteiger partial charge in [-0.15, -0.1) is 0 Å². The predicted octanol–water partition coefficient (Wildman–Crippen LogP) is 0.689. The first-order valence-corrected chi connectivity index (χ1v) is 5.07. The van der Waals surface area contributed by atoms with E-state index in [-0.39, 0.29) is 0 Å². The molecule has 0 bridgehead atoms.